The summed E-state index contributed by atoms with van der Waals surface area (Å²) in [6, 6.07) is 10.9. The number of benzene rings is 1. The van der Waals surface area contributed by atoms with Gasteiger partial charge in [-0.15, -0.1) is 0 Å². The lowest BCUT2D eigenvalue weighted by atomic mass is 10.2. The van der Waals surface area contributed by atoms with Gasteiger partial charge in [-0.1, -0.05) is 23.7 Å². The van der Waals surface area contributed by atoms with Gasteiger partial charge in [-0.3, -0.25) is 4.98 Å². The van der Waals surface area contributed by atoms with Crippen molar-refractivity contribution < 1.29 is 4.79 Å². The van der Waals surface area contributed by atoms with Crippen LogP contribution in [0.2, 0.25) is 5.02 Å². The molecule has 4 nitrogen and oxygen atoms in total. The number of hydrogen-bond acceptors (Lipinski definition) is 2. The largest absolute Gasteiger partial charge is 0.322 e. The first-order valence-electron chi connectivity index (χ1n) is 6.24. The van der Waals surface area contributed by atoms with Crippen LogP contribution in [0, 0.1) is 6.92 Å². The molecule has 2 aromatic rings. The van der Waals surface area contributed by atoms with E-state index in [2.05, 4.69) is 10.3 Å². The first-order chi connectivity index (χ1) is 9.56. The summed E-state index contributed by atoms with van der Waals surface area (Å²) in [4.78, 5) is 17.8. The van der Waals surface area contributed by atoms with Crippen LogP contribution in [-0.4, -0.2) is 23.0 Å². The number of halogens is 1. The summed E-state index contributed by atoms with van der Waals surface area (Å²) in [6.45, 7) is 2.39. The van der Waals surface area contributed by atoms with E-state index in [0.717, 1.165) is 11.3 Å². The number of carbonyl (C=O) groups is 1. The molecule has 0 aliphatic rings. The standard InChI is InChI=1S/C15H16ClN3O/c1-11-6-7-14(13(16)9-11)18-15(20)19(2)10-12-5-3-4-8-17-12/h3-9H,10H2,1-2H3,(H,18,20). The molecular weight excluding hydrogens is 274 g/mol. The highest BCUT2D eigenvalue weighted by molar-refractivity contribution is 6.33. The summed E-state index contributed by atoms with van der Waals surface area (Å²) in [5.41, 5.74) is 2.49. The number of anilines is 1. The molecule has 0 atom stereocenters. The van der Waals surface area contributed by atoms with Gasteiger partial charge in [-0.05, 0) is 36.8 Å². The number of aromatic nitrogens is 1. The van der Waals surface area contributed by atoms with E-state index in [1.54, 1.807) is 24.2 Å². The minimum atomic E-state index is -0.221. The molecule has 0 aliphatic carbocycles. The molecule has 0 bridgehead atoms. The second kappa shape index (κ2) is 6.39. The van der Waals surface area contributed by atoms with Crippen LogP contribution in [0.15, 0.2) is 42.6 Å². The Morgan fingerprint density at radius 2 is 2.15 bits per heavy atom. The molecule has 0 saturated carbocycles. The van der Waals surface area contributed by atoms with E-state index in [1.165, 1.54) is 0 Å². The average molecular weight is 290 g/mol. The van der Waals surface area contributed by atoms with Crippen molar-refractivity contribution in [2.24, 2.45) is 0 Å². The Morgan fingerprint density at radius 3 is 2.80 bits per heavy atom. The summed E-state index contributed by atoms with van der Waals surface area (Å²) in [5, 5.41) is 3.32. The third-order valence-electron chi connectivity index (χ3n) is 2.84. The molecule has 0 aliphatic heterocycles. The van der Waals surface area contributed by atoms with Gasteiger partial charge < -0.3 is 10.2 Å². The molecular formula is C15H16ClN3O. The predicted molar refractivity (Wildman–Crippen MR) is 80.9 cm³/mol. The second-order valence-corrected chi connectivity index (χ2v) is 5.00. The maximum atomic E-state index is 12.1. The number of aryl methyl sites for hydroxylation is 1. The quantitative estimate of drug-likeness (QED) is 0.936. The third kappa shape index (κ3) is 3.71. The molecule has 1 heterocycles. The SMILES string of the molecule is Cc1ccc(NC(=O)N(C)Cc2ccccn2)c(Cl)c1. The molecule has 0 saturated heterocycles. The molecule has 20 heavy (non-hydrogen) atoms. The van der Waals surface area contributed by atoms with Crippen molar-refractivity contribution >= 4 is 23.3 Å². The van der Waals surface area contributed by atoms with Crippen molar-refractivity contribution in [1.29, 1.82) is 0 Å². The second-order valence-electron chi connectivity index (χ2n) is 4.59. The van der Waals surface area contributed by atoms with E-state index < -0.39 is 0 Å². The highest BCUT2D eigenvalue weighted by Gasteiger charge is 2.11. The average Bonchev–Trinajstić information content (AvgIpc) is 2.43. The van der Waals surface area contributed by atoms with Crippen LogP contribution in [0.3, 0.4) is 0 Å². The van der Waals surface area contributed by atoms with Gasteiger partial charge in [0, 0.05) is 13.2 Å². The maximum absolute atomic E-state index is 12.1. The van der Waals surface area contributed by atoms with Crippen LogP contribution in [0.1, 0.15) is 11.3 Å². The molecule has 1 aromatic heterocycles. The molecule has 0 radical (unpaired) electrons. The van der Waals surface area contributed by atoms with Crippen LogP contribution in [0.4, 0.5) is 10.5 Å². The summed E-state index contributed by atoms with van der Waals surface area (Å²) in [7, 11) is 1.71. The van der Waals surface area contributed by atoms with E-state index >= 15 is 0 Å². The normalized spacial score (nSPS) is 10.2. The molecule has 2 amide bonds. The zero-order valence-electron chi connectivity index (χ0n) is 11.4. The fourth-order valence-corrected chi connectivity index (χ4v) is 2.02. The van der Waals surface area contributed by atoms with Crippen molar-refractivity contribution in [2.75, 3.05) is 12.4 Å². The van der Waals surface area contributed by atoms with E-state index in [9.17, 15) is 4.79 Å². The minimum absolute atomic E-state index is 0.221. The monoisotopic (exact) mass is 289 g/mol. The van der Waals surface area contributed by atoms with E-state index in [1.807, 2.05) is 37.3 Å². The van der Waals surface area contributed by atoms with Crippen molar-refractivity contribution in [1.82, 2.24) is 9.88 Å². The number of nitrogens with zero attached hydrogens (tertiary/aromatic N) is 2. The summed E-state index contributed by atoms with van der Waals surface area (Å²) < 4.78 is 0. The molecule has 0 spiro atoms. The Kier molecular flexibility index (Phi) is 4.58. The predicted octanol–water partition coefficient (Wildman–Crippen LogP) is 3.71. The number of urea groups is 1. The zero-order chi connectivity index (χ0) is 14.5. The number of hydrogen-bond donors (Lipinski definition) is 1. The van der Waals surface area contributed by atoms with E-state index in [4.69, 9.17) is 11.6 Å². The summed E-state index contributed by atoms with van der Waals surface area (Å²) in [5.74, 6) is 0. The van der Waals surface area contributed by atoms with Crippen LogP contribution in [0.5, 0.6) is 0 Å². The van der Waals surface area contributed by atoms with Gasteiger partial charge in [0.15, 0.2) is 0 Å². The van der Waals surface area contributed by atoms with Gasteiger partial charge in [0.05, 0.1) is 22.9 Å². The molecule has 104 valence electrons. The zero-order valence-corrected chi connectivity index (χ0v) is 12.2. The Morgan fingerprint density at radius 1 is 1.35 bits per heavy atom. The molecule has 1 N–H and O–H groups in total. The van der Waals surface area contributed by atoms with Gasteiger partial charge in [-0.25, -0.2) is 4.79 Å². The first kappa shape index (κ1) is 14.3. The van der Waals surface area contributed by atoms with Gasteiger partial charge >= 0.3 is 6.03 Å². The Balaban J connectivity index is 2.01. The third-order valence-corrected chi connectivity index (χ3v) is 3.15. The van der Waals surface area contributed by atoms with Crippen LogP contribution in [-0.2, 0) is 6.54 Å². The summed E-state index contributed by atoms with van der Waals surface area (Å²) in [6.07, 6.45) is 1.71. The van der Waals surface area contributed by atoms with Crippen molar-refractivity contribution in [2.45, 2.75) is 13.5 Å². The van der Waals surface area contributed by atoms with Crippen LogP contribution in [0.25, 0.3) is 0 Å². The lowest BCUT2D eigenvalue weighted by molar-refractivity contribution is 0.220. The highest BCUT2D eigenvalue weighted by Crippen LogP contribution is 2.23. The maximum Gasteiger partial charge on any atom is 0.321 e. The smallest absolute Gasteiger partial charge is 0.321 e. The van der Waals surface area contributed by atoms with Gasteiger partial charge in [0.1, 0.15) is 0 Å². The number of nitrogens with one attached hydrogen (secondary N) is 1. The van der Waals surface area contributed by atoms with E-state index in [-0.39, 0.29) is 6.03 Å². The Bertz CT molecular complexity index is 601. The van der Waals surface area contributed by atoms with Gasteiger partial charge in [0.2, 0.25) is 0 Å². The number of amides is 2. The molecule has 0 unspecified atom stereocenters. The molecule has 1 aromatic carbocycles. The fourth-order valence-electron chi connectivity index (χ4n) is 1.74. The fraction of sp³-hybridized carbons (Fsp3) is 0.200. The Hall–Kier alpha value is -2.07. The Labute approximate surface area is 123 Å². The first-order valence-corrected chi connectivity index (χ1v) is 6.62. The number of rotatable bonds is 3. The highest BCUT2D eigenvalue weighted by atomic mass is 35.5. The topological polar surface area (TPSA) is 45.2 Å². The molecule has 2 rings (SSSR count). The number of carbonyl (C=O) groups excluding carboxylic acids is 1. The van der Waals surface area contributed by atoms with Crippen LogP contribution < -0.4 is 5.32 Å². The van der Waals surface area contributed by atoms with Gasteiger partial charge in [0.25, 0.3) is 0 Å². The van der Waals surface area contributed by atoms with E-state index in [0.29, 0.717) is 17.3 Å². The van der Waals surface area contributed by atoms with Crippen molar-refractivity contribution in [3.05, 3.63) is 58.9 Å². The van der Waals surface area contributed by atoms with Gasteiger partial charge in [-0.2, -0.15) is 0 Å². The lowest BCUT2D eigenvalue weighted by Crippen LogP contribution is -2.31. The number of pyridine rings is 1. The van der Waals surface area contributed by atoms with Crippen molar-refractivity contribution in [3.8, 4) is 0 Å². The minimum Gasteiger partial charge on any atom is -0.322 e. The van der Waals surface area contributed by atoms with Crippen molar-refractivity contribution in [3.63, 3.8) is 0 Å². The molecule has 0 fully saturated rings. The lowest BCUT2D eigenvalue weighted by Gasteiger charge is -2.18. The molecule has 5 heteroatoms. The van der Waals surface area contributed by atoms with Crippen LogP contribution >= 0.6 is 11.6 Å². The summed E-state index contributed by atoms with van der Waals surface area (Å²) >= 11 is 6.09.